The summed E-state index contributed by atoms with van der Waals surface area (Å²) in [7, 11) is 0. The molecule has 0 aliphatic carbocycles. The molecule has 15 heavy (non-hydrogen) atoms. The monoisotopic (exact) mass is 226 g/mol. The molecule has 84 valence electrons. The lowest BCUT2D eigenvalue weighted by Crippen LogP contribution is -2.43. The molecule has 1 saturated heterocycles. The van der Waals surface area contributed by atoms with E-state index in [-0.39, 0.29) is 0 Å². The van der Waals surface area contributed by atoms with E-state index in [1.807, 2.05) is 0 Å². The van der Waals surface area contributed by atoms with Gasteiger partial charge in [-0.2, -0.15) is 4.37 Å². The molecule has 1 aromatic rings. The molecule has 0 radical (unpaired) electrons. The van der Waals surface area contributed by atoms with Crippen molar-refractivity contribution in [3.63, 3.8) is 0 Å². The third-order valence-corrected chi connectivity index (χ3v) is 3.41. The third kappa shape index (κ3) is 2.89. The average molecular weight is 226 g/mol. The molecule has 0 aromatic carbocycles. The lowest BCUT2D eigenvalue weighted by Gasteiger charge is -2.26. The normalized spacial score (nSPS) is 17.0. The SMILES string of the molecule is CCCCc1nsc(N2CCNCC2)n1. The number of aryl methyl sites for hydroxylation is 1. The van der Waals surface area contributed by atoms with E-state index in [2.05, 4.69) is 26.5 Å². The van der Waals surface area contributed by atoms with Gasteiger partial charge in [0, 0.05) is 44.1 Å². The molecule has 4 nitrogen and oxygen atoms in total. The Morgan fingerprint density at radius 1 is 1.40 bits per heavy atom. The van der Waals surface area contributed by atoms with E-state index in [1.54, 1.807) is 11.5 Å². The number of piperazine rings is 1. The number of nitrogens with one attached hydrogen (secondary N) is 1. The maximum atomic E-state index is 4.58. The van der Waals surface area contributed by atoms with Crippen LogP contribution < -0.4 is 10.2 Å². The number of unbranched alkanes of at least 4 members (excludes halogenated alkanes) is 1. The minimum atomic E-state index is 1.02. The average Bonchev–Trinajstić information content (AvgIpc) is 2.76. The number of aromatic nitrogens is 2. The van der Waals surface area contributed by atoms with E-state index in [9.17, 15) is 0 Å². The Labute approximate surface area is 94.9 Å². The second-order valence-electron chi connectivity index (χ2n) is 3.83. The van der Waals surface area contributed by atoms with Crippen LogP contribution in [0.1, 0.15) is 25.6 Å². The highest BCUT2D eigenvalue weighted by atomic mass is 32.1. The Balaban J connectivity index is 1.93. The van der Waals surface area contributed by atoms with E-state index in [0.717, 1.165) is 43.6 Å². The van der Waals surface area contributed by atoms with Gasteiger partial charge in [0.15, 0.2) is 0 Å². The molecular weight excluding hydrogens is 208 g/mol. The van der Waals surface area contributed by atoms with E-state index in [0.29, 0.717) is 0 Å². The number of rotatable bonds is 4. The van der Waals surface area contributed by atoms with Crippen molar-refractivity contribution in [1.29, 1.82) is 0 Å². The predicted octanol–water partition coefficient (Wildman–Crippen LogP) is 1.29. The van der Waals surface area contributed by atoms with Gasteiger partial charge in [0.25, 0.3) is 0 Å². The van der Waals surface area contributed by atoms with Crippen molar-refractivity contribution in [3.8, 4) is 0 Å². The van der Waals surface area contributed by atoms with Gasteiger partial charge in [0.2, 0.25) is 5.13 Å². The Hall–Kier alpha value is -0.680. The molecule has 0 saturated carbocycles. The van der Waals surface area contributed by atoms with Gasteiger partial charge in [-0.3, -0.25) is 0 Å². The molecule has 2 heterocycles. The summed E-state index contributed by atoms with van der Waals surface area (Å²) in [6.45, 7) is 6.43. The summed E-state index contributed by atoms with van der Waals surface area (Å²) in [5, 5.41) is 4.44. The highest BCUT2D eigenvalue weighted by molar-refractivity contribution is 7.09. The Bertz CT molecular complexity index is 293. The van der Waals surface area contributed by atoms with Crippen LogP contribution in [0.25, 0.3) is 0 Å². The summed E-state index contributed by atoms with van der Waals surface area (Å²) in [6.07, 6.45) is 3.43. The van der Waals surface area contributed by atoms with Crippen molar-refractivity contribution in [3.05, 3.63) is 5.82 Å². The van der Waals surface area contributed by atoms with Crippen LogP contribution in [0, 0.1) is 0 Å². The zero-order chi connectivity index (χ0) is 10.5. The van der Waals surface area contributed by atoms with Crippen LogP contribution in [-0.2, 0) is 6.42 Å². The molecule has 1 aromatic heterocycles. The quantitative estimate of drug-likeness (QED) is 0.840. The van der Waals surface area contributed by atoms with Crippen LogP contribution in [0.15, 0.2) is 0 Å². The van der Waals surface area contributed by atoms with Gasteiger partial charge >= 0.3 is 0 Å². The van der Waals surface area contributed by atoms with E-state index < -0.39 is 0 Å². The van der Waals surface area contributed by atoms with Crippen LogP contribution in [0.5, 0.6) is 0 Å². The lowest BCUT2D eigenvalue weighted by molar-refractivity contribution is 0.587. The minimum Gasteiger partial charge on any atom is -0.344 e. The summed E-state index contributed by atoms with van der Waals surface area (Å²) in [6, 6.07) is 0. The molecule has 1 aliphatic heterocycles. The maximum Gasteiger partial charge on any atom is 0.205 e. The smallest absolute Gasteiger partial charge is 0.205 e. The number of anilines is 1. The van der Waals surface area contributed by atoms with Gasteiger partial charge in [0.05, 0.1) is 0 Å². The first-order valence-corrected chi connectivity index (χ1v) is 6.45. The molecule has 1 N–H and O–H groups in total. The maximum absolute atomic E-state index is 4.58. The first-order valence-electron chi connectivity index (χ1n) is 5.68. The molecule has 0 spiro atoms. The fourth-order valence-corrected chi connectivity index (χ4v) is 2.43. The number of hydrogen-bond donors (Lipinski definition) is 1. The number of nitrogens with zero attached hydrogens (tertiary/aromatic N) is 3. The number of hydrogen-bond acceptors (Lipinski definition) is 5. The fraction of sp³-hybridized carbons (Fsp3) is 0.800. The van der Waals surface area contributed by atoms with Crippen molar-refractivity contribution in [2.45, 2.75) is 26.2 Å². The fourth-order valence-electron chi connectivity index (χ4n) is 1.67. The van der Waals surface area contributed by atoms with Crippen LogP contribution >= 0.6 is 11.5 Å². The molecule has 5 heteroatoms. The lowest BCUT2D eigenvalue weighted by atomic mass is 10.2. The van der Waals surface area contributed by atoms with Crippen molar-refractivity contribution >= 4 is 16.7 Å². The largest absolute Gasteiger partial charge is 0.344 e. The van der Waals surface area contributed by atoms with Gasteiger partial charge in [0.1, 0.15) is 5.82 Å². The highest BCUT2D eigenvalue weighted by Gasteiger charge is 2.14. The molecule has 0 bridgehead atoms. The topological polar surface area (TPSA) is 41.1 Å². The minimum absolute atomic E-state index is 1.02. The predicted molar refractivity (Wildman–Crippen MR) is 63.6 cm³/mol. The summed E-state index contributed by atoms with van der Waals surface area (Å²) in [5.74, 6) is 1.02. The van der Waals surface area contributed by atoms with Gasteiger partial charge in [-0.25, -0.2) is 4.98 Å². The first-order chi connectivity index (χ1) is 7.40. The van der Waals surface area contributed by atoms with Crippen LogP contribution in [0.4, 0.5) is 5.13 Å². The third-order valence-electron chi connectivity index (χ3n) is 2.60. The van der Waals surface area contributed by atoms with E-state index >= 15 is 0 Å². The summed E-state index contributed by atoms with van der Waals surface area (Å²) >= 11 is 1.54. The van der Waals surface area contributed by atoms with Gasteiger partial charge in [-0.15, -0.1) is 0 Å². The second-order valence-corrected chi connectivity index (χ2v) is 4.56. The second kappa shape index (κ2) is 5.42. The molecule has 2 rings (SSSR count). The standard InChI is InChI=1S/C10H18N4S/c1-2-3-4-9-12-10(15-13-9)14-7-5-11-6-8-14/h11H,2-8H2,1H3. The molecule has 0 amide bonds. The molecule has 0 atom stereocenters. The Morgan fingerprint density at radius 2 is 2.20 bits per heavy atom. The van der Waals surface area contributed by atoms with Gasteiger partial charge < -0.3 is 10.2 Å². The van der Waals surface area contributed by atoms with Gasteiger partial charge in [-0.05, 0) is 6.42 Å². The Kier molecular flexibility index (Phi) is 3.91. The van der Waals surface area contributed by atoms with Crippen molar-refractivity contribution in [2.24, 2.45) is 0 Å². The van der Waals surface area contributed by atoms with E-state index in [1.165, 1.54) is 12.8 Å². The van der Waals surface area contributed by atoms with Crippen molar-refractivity contribution < 1.29 is 0 Å². The molecule has 1 fully saturated rings. The summed E-state index contributed by atoms with van der Waals surface area (Å²) in [5.41, 5.74) is 0. The first kappa shape index (κ1) is 10.8. The zero-order valence-corrected chi connectivity index (χ0v) is 10.0. The van der Waals surface area contributed by atoms with E-state index in [4.69, 9.17) is 0 Å². The molecular formula is C10H18N4S. The molecule has 0 unspecified atom stereocenters. The Morgan fingerprint density at radius 3 is 2.93 bits per heavy atom. The van der Waals surface area contributed by atoms with Crippen molar-refractivity contribution in [1.82, 2.24) is 14.7 Å². The van der Waals surface area contributed by atoms with Crippen LogP contribution in [0.2, 0.25) is 0 Å². The summed E-state index contributed by atoms with van der Waals surface area (Å²) in [4.78, 5) is 6.90. The van der Waals surface area contributed by atoms with Crippen LogP contribution in [-0.4, -0.2) is 35.5 Å². The summed E-state index contributed by atoms with van der Waals surface area (Å²) < 4.78 is 4.40. The zero-order valence-electron chi connectivity index (χ0n) is 9.20. The van der Waals surface area contributed by atoms with Crippen LogP contribution in [0.3, 0.4) is 0 Å². The van der Waals surface area contributed by atoms with Gasteiger partial charge in [-0.1, -0.05) is 13.3 Å². The van der Waals surface area contributed by atoms with Crippen molar-refractivity contribution in [2.75, 3.05) is 31.1 Å². The molecule has 1 aliphatic rings. The highest BCUT2D eigenvalue weighted by Crippen LogP contribution is 2.18.